The monoisotopic (exact) mass is 415 g/mol. The van der Waals surface area contributed by atoms with E-state index >= 15 is 0 Å². The normalized spacial score (nSPS) is 15.4. The highest BCUT2D eigenvalue weighted by Gasteiger charge is 2.20. The summed E-state index contributed by atoms with van der Waals surface area (Å²) in [6.45, 7) is 4.20. The summed E-state index contributed by atoms with van der Waals surface area (Å²) in [4.78, 5) is 20.2. The Hall–Kier alpha value is -3.10. The van der Waals surface area contributed by atoms with Gasteiger partial charge in [0, 0.05) is 33.1 Å². The fourth-order valence-corrected chi connectivity index (χ4v) is 5.12. The highest BCUT2D eigenvalue weighted by molar-refractivity contribution is 7.15. The molecule has 6 heterocycles. The summed E-state index contributed by atoms with van der Waals surface area (Å²) in [5, 5.41) is 11.1. The SMILES string of the molecule is Cc1ccc(-c2ccnc3[nH]c(-c4n[nH]c5ccc(C6CCNCC6)nc45)nc23)s1. The number of aromatic amines is 2. The van der Waals surface area contributed by atoms with E-state index < -0.39 is 0 Å². The molecule has 0 amide bonds. The molecule has 0 radical (unpaired) electrons. The average Bonchev–Trinajstić information content (AvgIpc) is 3.51. The predicted octanol–water partition coefficient (Wildman–Crippen LogP) is 4.40. The maximum Gasteiger partial charge on any atom is 0.162 e. The average molecular weight is 416 g/mol. The first kappa shape index (κ1) is 17.7. The lowest BCUT2D eigenvalue weighted by atomic mass is 9.94. The molecule has 3 N–H and O–H groups in total. The Labute approximate surface area is 177 Å². The summed E-state index contributed by atoms with van der Waals surface area (Å²) in [7, 11) is 0. The van der Waals surface area contributed by atoms with Crippen LogP contribution in [0.5, 0.6) is 0 Å². The number of imidazole rings is 1. The summed E-state index contributed by atoms with van der Waals surface area (Å²) in [6.07, 6.45) is 4.05. The van der Waals surface area contributed by atoms with Crippen LogP contribution in [-0.4, -0.2) is 43.2 Å². The molecule has 30 heavy (non-hydrogen) atoms. The van der Waals surface area contributed by atoms with E-state index in [4.69, 9.17) is 9.97 Å². The lowest BCUT2D eigenvalue weighted by molar-refractivity contribution is 0.454. The van der Waals surface area contributed by atoms with Crippen molar-refractivity contribution in [3.05, 3.63) is 47.1 Å². The molecular weight excluding hydrogens is 394 g/mol. The van der Waals surface area contributed by atoms with Gasteiger partial charge in [-0.3, -0.25) is 5.10 Å². The van der Waals surface area contributed by atoms with Crippen molar-refractivity contribution >= 4 is 33.5 Å². The Bertz CT molecular complexity index is 1360. The van der Waals surface area contributed by atoms with Crippen LogP contribution < -0.4 is 5.32 Å². The van der Waals surface area contributed by atoms with Crippen molar-refractivity contribution in [3.63, 3.8) is 0 Å². The number of nitrogens with zero attached hydrogens (tertiary/aromatic N) is 4. The van der Waals surface area contributed by atoms with E-state index in [0.29, 0.717) is 11.7 Å². The minimum Gasteiger partial charge on any atom is -0.321 e. The fraction of sp³-hybridized carbons (Fsp3) is 0.273. The molecular formula is C22H21N7S. The van der Waals surface area contributed by atoms with Gasteiger partial charge in [0.05, 0.1) is 5.52 Å². The fourth-order valence-electron chi connectivity index (χ4n) is 4.23. The van der Waals surface area contributed by atoms with E-state index in [1.165, 1.54) is 9.75 Å². The second kappa shape index (κ2) is 7.00. The van der Waals surface area contributed by atoms with Crippen molar-refractivity contribution < 1.29 is 0 Å². The van der Waals surface area contributed by atoms with E-state index in [9.17, 15) is 0 Å². The van der Waals surface area contributed by atoms with E-state index in [0.717, 1.165) is 65.1 Å². The maximum absolute atomic E-state index is 4.99. The Kier molecular flexibility index (Phi) is 4.14. The number of aryl methyl sites for hydroxylation is 1. The summed E-state index contributed by atoms with van der Waals surface area (Å²) in [6, 6.07) is 10.5. The molecule has 8 heteroatoms. The number of pyridine rings is 2. The molecule has 7 nitrogen and oxygen atoms in total. The number of fused-ring (bicyclic) bond motifs is 2. The first-order chi connectivity index (χ1) is 14.8. The van der Waals surface area contributed by atoms with Crippen molar-refractivity contribution in [2.45, 2.75) is 25.7 Å². The molecule has 0 saturated carbocycles. The quantitative estimate of drug-likeness (QED) is 0.406. The summed E-state index contributed by atoms with van der Waals surface area (Å²) in [5.74, 6) is 1.18. The molecule has 0 aromatic carbocycles. The number of thiophene rings is 1. The van der Waals surface area contributed by atoms with Crippen molar-refractivity contribution in [3.8, 4) is 22.0 Å². The number of hydrogen-bond donors (Lipinski definition) is 3. The third kappa shape index (κ3) is 2.91. The Balaban J connectivity index is 1.47. The zero-order valence-electron chi connectivity index (χ0n) is 16.6. The number of H-pyrrole nitrogens is 2. The van der Waals surface area contributed by atoms with Crippen LogP contribution in [0.25, 0.3) is 44.2 Å². The van der Waals surface area contributed by atoms with Gasteiger partial charge in [0.25, 0.3) is 0 Å². The Morgan fingerprint density at radius 2 is 1.90 bits per heavy atom. The van der Waals surface area contributed by atoms with Gasteiger partial charge in [0.2, 0.25) is 0 Å². The summed E-state index contributed by atoms with van der Waals surface area (Å²) < 4.78 is 0. The van der Waals surface area contributed by atoms with E-state index in [1.54, 1.807) is 11.3 Å². The molecule has 5 aromatic rings. The van der Waals surface area contributed by atoms with Gasteiger partial charge in [-0.05, 0) is 63.2 Å². The van der Waals surface area contributed by atoms with Crippen LogP contribution in [0.1, 0.15) is 29.3 Å². The smallest absolute Gasteiger partial charge is 0.162 e. The van der Waals surface area contributed by atoms with Crippen LogP contribution in [0.4, 0.5) is 0 Å². The first-order valence-electron chi connectivity index (χ1n) is 10.2. The van der Waals surface area contributed by atoms with Crippen LogP contribution >= 0.6 is 11.3 Å². The second-order valence-electron chi connectivity index (χ2n) is 7.78. The standard InChI is InChI=1S/C22H21N7S/c1-12-2-5-17(30-12)14-8-11-24-21-18(14)26-22(27-21)20-19-16(28-29-20)4-3-15(25-19)13-6-9-23-10-7-13/h2-5,8,11,13,23H,6-7,9-10H2,1H3,(H,28,29)(H,24,26,27). The lowest BCUT2D eigenvalue weighted by Gasteiger charge is -2.22. The molecule has 5 aromatic heterocycles. The molecule has 1 aliphatic heterocycles. The number of piperidine rings is 1. The van der Waals surface area contributed by atoms with Gasteiger partial charge in [-0.25, -0.2) is 15.0 Å². The number of aromatic nitrogens is 6. The van der Waals surface area contributed by atoms with Gasteiger partial charge in [0.1, 0.15) is 11.0 Å². The van der Waals surface area contributed by atoms with Gasteiger partial charge >= 0.3 is 0 Å². The van der Waals surface area contributed by atoms with E-state index in [-0.39, 0.29) is 0 Å². The van der Waals surface area contributed by atoms with E-state index in [2.05, 4.69) is 56.7 Å². The number of rotatable bonds is 3. The number of hydrogen-bond acceptors (Lipinski definition) is 6. The third-order valence-corrected chi connectivity index (χ3v) is 6.84. The molecule has 1 fully saturated rings. The van der Waals surface area contributed by atoms with Gasteiger partial charge in [-0.15, -0.1) is 11.3 Å². The molecule has 0 aliphatic carbocycles. The first-order valence-corrected chi connectivity index (χ1v) is 11.1. The molecule has 0 spiro atoms. The molecule has 0 atom stereocenters. The molecule has 150 valence electrons. The van der Waals surface area contributed by atoms with Gasteiger partial charge in [-0.2, -0.15) is 5.10 Å². The Morgan fingerprint density at radius 1 is 1.00 bits per heavy atom. The molecule has 0 unspecified atom stereocenters. The van der Waals surface area contributed by atoms with Crippen molar-refractivity contribution in [2.75, 3.05) is 13.1 Å². The summed E-state index contributed by atoms with van der Waals surface area (Å²) >= 11 is 1.76. The zero-order chi connectivity index (χ0) is 20.1. The minimum absolute atomic E-state index is 0.490. The summed E-state index contributed by atoms with van der Waals surface area (Å²) in [5.41, 5.74) is 6.37. The minimum atomic E-state index is 0.490. The zero-order valence-corrected chi connectivity index (χ0v) is 17.4. The van der Waals surface area contributed by atoms with Crippen LogP contribution in [0.3, 0.4) is 0 Å². The molecule has 0 bridgehead atoms. The van der Waals surface area contributed by atoms with Crippen molar-refractivity contribution in [1.29, 1.82) is 0 Å². The topological polar surface area (TPSA) is 95.2 Å². The van der Waals surface area contributed by atoms with Crippen LogP contribution in [-0.2, 0) is 0 Å². The predicted molar refractivity (Wildman–Crippen MR) is 120 cm³/mol. The lowest BCUT2D eigenvalue weighted by Crippen LogP contribution is -2.27. The van der Waals surface area contributed by atoms with Crippen LogP contribution in [0.2, 0.25) is 0 Å². The van der Waals surface area contributed by atoms with Crippen LogP contribution in [0.15, 0.2) is 36.5 Å². The van der Waals surface area contributed by atoms with Crippen molar-refractivity contribution in [2.24, 2.45) is 0 Å². The van der Waals surface area contributed by atoms with Crippen molar-refractivity contribution in [1.82, 2.24) is 35.5 Å². The maximum atomic E-state index is 4.99. The molecule has 1 aliphatic rings. The van der Waals surface area contributed by atoms with Gasteiger partial charge in [-0.1, -0.05) is 0 Å². The molecule has 6 rings (SSSR count). The number of nitrogens with one attached hydrogen (secondary N) is 3. The Morgan fingerprint density at radius 3 is 2.73 bits per heavy atom. The largest absolute Gasteiger partial charge is 0.321 e. The molecule has 1 saturated heterocycles. The highest BCUT2D eigenvalue weighted by atomic mass is 32.1. The van der Waals surface area contributed by atoms with Gasteiger partial charge < -0.3 is 10.3 Å². The second-order valence-corrected chi connectivity index (χ2v) is 9.07. The van der Waals surface area contributed by atoms with Gasteiger partial charge in [0.15, 0.2) is 17.2 Å². The third-order valence-electron chi connectivity index (χ3n) is 5.80. The highest BCUT2D eigenvalue weighted by Crippen LogP contribution is 2.34. The van der Waals surface area contributed by atoms with E-state index in [1.807, 2.05) is 12.3 Å². The van der Waals surface area contributed by atoms with Crippen LogP contribution in [0, 0.1) is 6.92 Å².